The van der Waals surface area contributed by atoms with Crippen molar-refractivity contribution in [2.75, 3.05) is 13.7 Å². The largest absolute Gasteiger partial charge is 0.497 e. The van der Waals surface area contributed by atoms with Crippen molar-refractivity contribution in [2.24, 2.45) is 0 Å². The summed E-state index contributed by atoms with van der Waals surface area (Å²) >= 11 is 0. The first-order valence-corrected chi connectivity index (χ1v) is 7.49. The molecule has 5 nitrogen and oxygen atoms in total. The number of carbonyl (C=O) groups excluding carboxylic acids is 1. The molecule has 0 radical (unpaired) electrons. The number of benzene rings is 1. The quantitative estimate of drug-likeness (QED) is 0.873. The average Bonchev–Trinajstić information content (AvgIpc) is 3.14. The SMILES string of the molecule is COc1ccc(C2CCCN2C(=O)c2c(C)noc2C)cc1. The molecule has 0 N–H and O–H groups in total. The number of hydrogen-bond donors (Lipinski definition) is 0. The Morgan fingerprint density at radius 1 is 1.32 bits per heavy atom. The highest BCUT2D eigenvalue weighted by atomic mass is 16.5. The van der Waals surface area contributed by atoms with Gasteiger partial charge in [-0.1, -0.05) is 17.3 Å². The van der Waals surface area contributed by atoms with Gasteiger partial charge in [-0.15, -0.1) is 0 Å². The van der Waals surface area contributed by atoms with Crippen LogP contribution in [0.3, 0.4) is 0 Å². The molecule has 0 saturated carbocycles. The van der Waals surface area contributed by atoms with Crippen molar-refractivity contribution >= 4 is 5.91 Å². The van der Waals surface area contributed by atoms with Crippen molar-refractivity contribution in [3.8, 4) is 5.75 Å². The van der Waals surface area contributed by atoms with Crippen molar-refractivity contribution < 1.29 is 14.1 Å². The van der Waals surface area contributed by atoms with E-state index in [1.165, 1.54) is 0 Å². The molecule has 0 aliphatic carbocycles. The first kappa shape index (κ1) is 14.6. The minimum absolute atomic E-state index is 0.00886. The average molecular weight is 300 g/mol. The Morgan fingerprint density at radius 3 is 2.64 bits per heavy atom. The van der Waals surface area contributed by atoms with Gasteiger partial charge in [-0.05, 0) is 44.4 Å². The summed E-state index contributed by atoms with van der Waals surface area (Å²) in [5.74, 6) is 1.42. The van der Waals surface area contributed by atoms with E-state index in [1.54, 1.807) is 14.0 Å². The fraction of sp³-hybridized carbons (Fsp3) is 0.412. The molecule has 0 spiro atoms. The molecule has 1 aromatic heterocycles. The van der Waals surface area contributed by atoms with E-state index in [4.69, 9.17) is 9.26 Å². The highest BCUT2D eigenvalue weighted by Gasteiger charge is 2.33. The van der Waals surface area contributed by atoms with Crippen molar-refractivity contribution in [1.82, 2.24) is 10.1 Å². The lowest BCUT2D eigenvalue weighted by atomic mass is 10.0. The Hall–Kier alpha value is -2.30. The number of hydrogen-bond acceptors (Lipinski definition) is 4. The van der Waals surface area contributed by atoms with E-state index in [-0.39, 0.29) is 11.9 Å². The van der Waals surface area contributed by atoms with Crippen LogP contribution in [-0.4, -0.2) is 29.6 Å². The summed E-state index contributed by atoms with van der Waals surface area (Å²) in [5, 5.41) is 3.89. The van der Waals surface area contributed by atoms with Crippen LogP contribution < -0.4 is 4.74 Å². The molecule has 1 fully saturated rings. The number of carbonyl (C=O) groups is 1. The zero-order valence-electron chi connectivity index (χ0n) is 13.1. The van der Waals surface area contributed by atoms with Gasteiger partial charge < -0.3 is 14.2 Å². The maximum absolute atomic E-state index is 12.9. The van der Waals surface area contributed by atoms with Crippen LogP contribution >= 0.6 is 0 Å². The highest BCUT2D eigenvalue weighted by Crippen LogP contribution is 2.34. The van der Waals surface area contributed by atoms with Crippen LogP contribution in [0.2, 0.25) is 0 Å². The molecule has 5 heteroatoms. The van der Waals surface area contributed by atoms with E-state index in [9.17, 15) is 4.79 Å². The molecule has 2 aromatic rings. The molecule has 1 atom stereocenters. The monoisotopic (exact) mass is 300 g/mol. The van der Waals surface area contributed by atoms with Crippen LogP contribution in [0.5, 0.6) is 5.75 Å². The molecule has 1 aromatic carbocycles. The molecule has 1 unspecified atom stereocenters. The minimum Gasteiger partial charge on any atom is -0.497 e. The molecule has 116 valence electrons. The number of aromatic nitrogens is 1. The third-order valence-corrected chi connectivity index (χ3v) is 4.26. The summed E-state index contributed by atoms with van der Waals surface area (Å²) < 4.78 is 10.3. The number of likely N-dealkylation sites (tertiary alicyclic amines) is 1. The predicted molar refractivity (Wildman–Crippen MR) is 82.0 cm³/mol. The molecular formula is C17H20N2O3. The predicted octanol–water partition coefficient (Wildman–Crippen LogP) is 3.28. The normalized spacial score (nSPS) is 17.8. The summed E-state index contributed by atoms with van der Waals surface area (Å²) in [6.45, 7) is 4.35. The number of rotatable bonds is 3. The van der Waals surface area contributed by atoms with E-state index in [2.05, 4.69) is 5.16 Å². The summed E-state index contributed by atoms with van der Waals surface area (Å²) in [6.07, 6.45) is 1.98. The molecule has 3 rings (SSSR count). The Bertz CT molecular complexity index is 656. The van der Waals surface area contributed by atoms with E-state index in [0.717, 1.165) is 30.7 Å². The Morgan fingerprint density at radius 2 is 2.05 bits per heavy atom. The first-order chi connectivity index (χ1) is 10.6. The molecule has 1 aliphatic heterocycles. The van der Waals surface area contributed by atoms with Gasteiger partial charge in [0.1, 0.15) is 17.1 Å². The lowest BCUT2D eigenvalue weighted by Crippen LogP contribution is -2.31. The first-order valence-electron chi connectivity index (χ1n) is 7.49. The van der Waals surface area contributed by atoms with Crippen LogP contribution in [0.25, 0.3) is 0 Å². The van der Waals surface area contributed by atoms with Crippen molar-refractivity contribution in [3.05, 3.63) is 46.8 Å². The third kappa shape index (κ3) is 2.47. The van der Waals surface area contributed by atoms with Crippen LogP contribution in [-0.2, 0) is 0 Å². The van der Waals surface area contributed by atoms with Gasteiger partial charge in [0.2, 0.25) is 0 Å². The lowest BCUT2D eigenvalue weighted by Gasteiger charge is -2.25. The summed E-state index contributed by atoms with van der Waals surface area (Å²) in [6, 6.07) is 8.04. The minimum atomic E-state index is 0.00886. The number of ether oxygens (including phenoxy) is 1. The van der Waals surface area contributed by atoms with Crippen LogP contribution in [0.4, 0.5) is 0 Å². The fourth-order valence-electron chi connectivity index (χ4n) is 3.11. The van der Waals surface area contributed by atoms with Gasteiger partial charge in [-0.3, -0.25) is 4.79 Å². The molecule has 2 heterocycles. The van der Waals surface area contributed by atoms with Gasteiger partial charge in [0.05, 0.1) is 18.8 Å². The van der Waals surface area contributed by atoms with Crippen molar-refractivity contribution in [3.63, 3.8) is 0 Å². The maximum atomic E-state index is 12.9. The molecule has 1 saturated heterocycles. The number of amides is 1. The third-order valence-electron chi connectivity index (χ3n) is 4.26. The number of nitrogens with zero attached hydrogens (tertiary/aromatic N) is 2. The Balaban J connectivity index is 1.88. The summed E-state index contributed by atoms with van der Waals surface area (Å²) in [5.41, 5.74) is 2.39. The molecule has 22 heavy (non-hydrogen) atoms. The molecular weight excluding hydrogens is 280 g/mol. The zero-order chi connectivity index (χ0) is 15.7. The van der Waals surface area contributed by atoms with E-state index < -0.39 is 0 Å². The standard InChI is InChI=1S/C17H20N2O3/c1-11-16(12(2)22-18-11)17(20)19-10-4-5-15(19)13-6-8-14(21-3)9-7-13/h6-9,15H,4-5,10H2,1-3H3. The number of aryl methyl sites for hydroxylation is 2. The second-order valence-corrected chi connectivity index (χ2v) is 5.63. The second kappa shape index (κ2) is 5.83. The molecule has 0 bridgehead atoms. The van der Waals surface area contributed by atoms with E-state index in [1.807, 2.05) is 36.1 Å². The Labute approximate surface area is 129 Å². The van der Waals surface area contributed by atoms with E-state index >= 15 is 0 Å². The fourth-order valence-corrected chi connectivity index (χ4v) is 3.11. The smallest absolute Gasteiger partial charge is 0.259 e. The van der Waals surface area contributed by atoms with Crippen molar-refractivity contribution in [2.45, 2.75) is 32.7 Å². The summed E-state index contributed by atoms with van der Waals surface area (Å²) in [7, 11) is 1.65. The zero-order valence-corrected chi connectivity index (χ0v) is 13.1. The van der Waals surface area contributed by atoms with Gasteiger partial charge in [-0.2, -0.15) is 0 Å². The van der Waals surface area contributed by atoms with Crippen LogP contribution in [0, 0.1) is 13.8 Å². The van der Waals surface area contributed by atoms with Gasteiger partial charge >= 0.3 is 0 Å². The summed E-state index contributed by atoms with van der Waals surface area (Å²) in [4.78, 5) is 14.8. The topological polar surface area (TPSA) is 55.6 Å². The van der Waals surface area contributed by atoms with Gasteiger partial charge in [-0.25, -0.2) is 0 Å². The molecule has 1 amide bonds. The van der Waals surface area contributed by atoms with Gasteiger partial charge in [0.25, 0.3) is 5.91 Å². The maximum Gasteiger partial charge on any atom is 0.259 e. The highest BCUT2D eigenvalue weighted by molar-refractivity contribution is 5.96. The number of methoxy groups -OCH3 is 1. The Kier molecular flexibility index (Phi) is 3.88. The second-order valence-electron chi connectivity index (χ2n) is 5.63. The van der Waals surface area contributed by atoms with Gasteiger partial charge in [0.15, 0.2) is 0 Å². The van der Waals surface area contributed by atoms with Crippen LogP contribution in [0.15, 0.2) is 28.8 Å². The van der Waals surface area contributed by atoms with Gasteiger partial charge in [0, 0.05) is 6.54 Å². The lowest BCUT2D eigenvalue weighted by molar-refractivity contribution is 0.0733. The van der Waals surface area contributed by atoms with Crippen molar-refractivity contribution in [1.29, 1.82) is 0 Å². The van der Waals surface area contributed by atoms with E-state index in [0.29, 0.717) is 17.0 Å². The van der Waals surface area contributed by atoms with Crippen LogP contribution in [0.1, 0.15) is 46.3 Å². The molecule has 1 aliphatic rings.